The van der Waals surface area contributed by atoms with Gasteiger partial charge in [0.2, 0.25) is 18.2 Å². The van der Waals surface area contributed by atoms with Gasteiger partial charge in [0.1, 0.15) is 6.04 Å². The first-order valence-corrected chi connectivity index (χ1v) is 17.9. The van der Waals surface area contributed by atoms with E-state index in [0.717, 1.165) is 34.4 Å². The number of nitrogens with one attached hydrogen (secondary N) is 3. The van der Waals surface area contributed by atoms with Crippen LogP contribution in [-0.4, -0.2) is 55.7 Å². The topological polar surface area (TPSA) is 180 Å². The van der Waals surface area contributed by atoms with Crippen LogP contribution in [0.4, 0.5) is 0 Å². The van der Waals surface area contributed by atoms with Crippen LogP contribution in [-0.2, 0) is 20.8 Å². The molecule has 0 bridgehead atoms. The van der Waals surface area contributed by atoms with Crippen molar-refractivity contribution in [2.24, 2.45) is 17.4 Å². The van der Waals surface area contributed by atoms with E-state index in [9.17, 15) is 19.6 Å². The number of nitriles is 1. The maximum absolute atomic E-state index is 13.8. The first-order chi connectivity index (χ1) is 25.4. The molecular weight excluding hydrogens is 665 g/mol. The summed E-state index contributed by atoms with van der Waals surface area (Å²) in [5, 5.41) is 19.1. The Morgan fingerprint density at radius 1 is 0.849 bits per heavy atom. The zero-order valence-corrected chi connectivity index (χ0v) is 31.7. The van der Waals surface area contributed by atoms with Crippen LogP contribution in [0, 0.1) is 24.2 Å². The molecule has 0 spiro atoms. The Morgan fingerprint density at radius 2 is 1.45 bits per heavy atom. The van der Waals surface area contributed by atoms with Crippen molar-refractivity contribution in [2.75, 3.05) is 19.6 Å². The van der Waals surface area contributed by atoms with Gasteiger partial charge in [-0.3, -0.25) is 19.2 Å². The van der Waals surface area contributed by atoms with E-state index in [0.29, 0.717) is 36.2 Å². The van der Waals surface area contributed by atoms with E-state index in [1.54, 1.807) is 19.1 Å². The maximum Gasteiger partial charge on any atom is 0.242 e. The normalized spacial score (nSPS) is 12.0. The monoisotopic (exact) mass is 718 g/mol. The SMILES string of the molecule is CCN.CCNC(=O)C(NC(=O)C(C)NC[C@H](Cc1ccccc1)c1cc(C(=O)c2ccccc2)cc(-c2cc(C)ccc2C#N)c1)C(C)C.NC=O. The lowest BCUT2D eigenvalue weighted by atomic mass is 9.86. The summed E-state index contributed by atoms with van der Waals surface area (Å²) in [6.07, 6.45) is 0.900. The molecular formula is C43H54N6O4. The number of hydrogen-bond acceptors (Lipinski definition) is 7. The predicted molar refractivity (Wildman–Crippen MR) is 212 cm³/mol. The molecule has 7 N–H and O–H groups in total. The highest BCUT2D eigenvalue weighted by Gasteiger charge is 2.27. The van der Waals surface area contributed by atoms with Crippen molar-refractivity contribution < 1.29 is 19.2 Å². The Hall–Kier alpha value is -5.63. The fourth-order valence-electron chi connectivity index (χ4n) is 5.64. The summed E-state index contributed by atoms with van der Waals surface area (Å²) in [4.78, 5) is 48.3. The molecule has 0 heterocycles. The summed E-state index contributed by atoms with van der Waals surface area (Å²) in [6.45, 7) is 13.0. The van der Waals surface area contributed by atoms with Crippen LogP contribution < -0.4 is 27.4 Å². The summed E-state index contributed by atoms with van der Waals surface area (Å²) in [6, 6.07) is 31.9. The number of hydrogen-bond donors (Lipinski definition) is 5. The minimum Gasteiger partial charge on any atom is -0.372 e. The largest absolute Gasteiger partial charge is 0.372 e. The van der Waals surface area contributed by atoms with Crippen molar-refractivity contribution in [1.29, 1.82) is 5.26 Å². The number of nitrogens with two attached hydrogens (primary N) is 2. The van der Waals surface area contributed by atoms with Gasteiger partial charge in [-0.25, -0.2) is 0 Å². The second-order valence-corrected chi connectivity index (χ2v) is 12.9. The second kappa shape index (κ2) is 23.0. The number of primary amides is 1. The standard InChI is InChI=1S/C40H44N4O3.C2H7N.CH3NO/c1-6-42-40(47)37(26(2)3)44-39(46)28(5)43-25-35(20-29-13-9-7-10-14-29)32-21-33(36-19-27(4)17-18-31(36)24-41)23-34(22-32)38(45)30-15-11-8-12-16-30;1-2-3;2-1-3/h7-19,21-23,26,28,35,37,43H,6,20,25H2,1-5H3,(H,42,47)(H,44,46);2-3H2,1H3;1H,(H2,2,3)/t28?,35-,37?;;/m0../s1. The van der Waals surface area contributed by atoms with Crippen LogP contribution in [0.2, 0.25) is 0 Å². The number of likely N-dealkylation sites (N-methyl/N-ethyl adjacent to an activating group) is 1. The highest BCUT2D eigenvalue weighted by Crippen LogP contribution is 2.32. The van der Waals surface area contributed by atoms with E-state index in [-0.39, 0.29) is 35.8 Å². The summed E-state index contributed by atoms with van der Waals surface area (Å²) >= 11 is 0. The Bertz CT molecular complexity index is 1800. The summed E-state index contributed by atoms with van der Waals surface area (Å²) in [5.41, 5.74) is 15.2. The average Bonchev–Trinajstić information content (AvgIpc) is 3.16. The fourth-order valence-corrected chi connectivity index (χ4v) is 5.64. The number of carbonyl (C=O) groups excluding carboxylic acids is 4. The van der Waals surface area contributed by atoms with E-state index in [1.165, 1.54) is 0 Å². The number of nitrogens with zero attached hydrogens (tertiary/aromatic N) is 1. The molecule has 0 aliphatic heterocycles. The van der Waals surface area contributed by atoms with Crippen molar-refractivity contribution in [3.05, 3.63) is 130 Å². The Labute approximate surface area is 314 Å². The van der Waals surface area contributed by atoms with Crippen LogP contribution in [0.3, 0.4) is 0 Å². The molecule has 4 rings (SSSR count). The molecule has 0 saturated carbocycles. The number of benzene rings is 4. The third-order valence-electron chi connectivity index (χ3n) is 8.32. The van der Waals surface area contributed by atoms with Crippen LogP contribution in [0.5, 0.6) is 0 Å². The molecule has 0 aliphatic rings. The quantitative estimate of drug-likeness (QED) is 0.0854. The first-order valence-electron chi connectivity index (χ1n) is 17.9. The van der Waals surface area contributed by atoms with E-state index in [4.69, 9.17) is 10.5 Å². The molecule has 53 heavy (non-hydrogen) atoms. The Morgan fingerprint density at radius 3 is 2.02 bits per heavy atom. The van der Waals surface area contributed by atoms with Gasteiger partial charge in [-0.2, -0.15) is 5.26 Å². The van der Waals surface area contributed by atoms with Crippen LogP contribution in [0.1, 0.15) is 78.7 Å². The molecule has 4 aromatic carbocycles. The van der Waals surface area contributed by atoms with Crippen molar-refractivity contribution in [1.82, 2.24) is 16.0 Å². The summed E-state index contributed by atoms with van der Waals surface area (Å²) in [7, 11) is 0. The molecule has 0 aromatic heterocycles. The van der Waals surface area contributed by atoms with Gasteiger partial charge < -0.3 is 27.4 Å². The predicted octanol–water partition coefficient (Wildman–Crippen LogP) is 5.41. The molecule has 3 amide bonds. The molecule has 0 saturated heterocycles. The molecule has 2 unspecified atom stereocenters. The molecule has 10 heteroatoms. The molecule has 0 radical (unpaired) electrons. The zero-order valence-electron chi connectivity index (χ0n) is 31.7. The lowest BCUT2D eigenvalue weighted by Gasteiger charge is -2.25. The minimum atomic E-state index is -0.640. The second-order valence-electron chi connectivity index (χ2n) is 12.9. The van der Waals surface area contributed by atoms with Gasteiger partial charge in [-0.1, -0.05) is 105 Å². The van der Waals surface area contributed by atoms with E-state index >= 15 is 0 Å². The molecule has 10 nitrogen and oxygen atoms in total. The van der Waals surface area contributed by atoms with E-state index < -0.39 is 12.1 Å². The highest BCUT2D eigenvalue weighted by molar-refractivity contribution is 6.09. The maximum atomic E-state index is 13.8. The summed E-state index contributed by atoms with van der Waals surface area (Å²) in [5.74, 6) is -0.781. The van der Waals surface area contributed by atoms with Gasteiger partial charge in [-0.15, -0.1) is 0 Å². The van der Waals surface area contributed by atoms with Gasteiger partial charge in [-0.05, 0) is 80.1 Å². The summed E-state index contributed by atoms with van der Waals surface area (Å²) < 4.78 is 0. The first kappa shape index (κ1) is 43.5. The van der Waals surface area contributed by atoms with Gasteiger partial charge in [0.15, 0.2) is 5.78 Å². The molecule has 0 fully saturated rings. The minimum absolute atomic E-state index is 0.0771. The number of carbonyl (C=O) groups is 4. The molecule has 3 atom stereocenters. The lowest BCUT2D eigenvalue weighted by molar-refractivity contribution is -0.130. The third-order valence-corrected chi connectivity index (χ3v) is 8.32. The molecule has 4 aromatic rings. The Balaban J connectivity index is 0.00000151. The lowest BCUT2D eigenvalue weighted by Crippen LogP contribution is -2.54. The van der Waals surface area contributed by atoms with E-state index in [1.807, 2.05) is 101 Å². The number of amides is 3. The van der Waals surface area contributed by atoms with Crippen molar-refractivity contribution in [3.63, 3.8) is 0 Å². The van der Waals surface area contributed by atoms with Crippen molar-refractivity contribution in [3.8, 4) is 17.2 Å². The molecule has 280 valence electrons. The third kappa shape index (κ3) is 13.8. The number of aryl methyl sites for hydroxylation is 1. The molecule has 0 aliphatic carbocycles. The van der Waals surface area contributed by atoms with Gasteiger partial charge in [0, 0.05) is 30.1 Å². The fraction of sp³-hybridized carbons (Fsp3) is 0.326. The van der Waals surface area contributed by atoms with Crippen LogP contribution >= 0.6 is 0 Å². The van der Waals surface area contributed by atoms with E-state index in [2.05, 4.69) is 46.0 Å². The van der Waals surface area contributed by atoms with Crippen LogP contribution in [0.25, 0.3) is 11.1 Å². The van der Waals surface area contributed by atoms with Gasteiger partial charge in [0.05, 0.1) is 17.7 Å². The smallest absolute Gasteiger partial charge is 0.242 e. The average molecular weight is 719 g/mol. The number of ketones is 1. The Kier molecular flexibility index (Phi) is 18.9. The highest BCUT2D eigenvalue weighted by atomic mass is 16.2. The van der Waals surface area contributed by atoms with Crippen LogP contribution in [0.15, 0.2) is 97.1 Å². The van der Waals surface area contributed by atoms with Crippen molar-refractivity contribution >= 4 is 24.0 Å². The van der Waals surface area contributed by atoms with Gasteiger partial charge >= 0.3 is 0 Å². The van der Waals surface area contributed by atoms with Gasteiger partial charge in [0.25, 0.3) is 0 Å². The zero-order chi connectivity index (χ0) is 39.3. The van der Waals surface area contributed by atoms with Crippen molar-refractivity contribution in [2.45, 2.75) is 66.0 Å². The number of rotatable bonds is 14.